The summed E-state index contributed by atoms with van der Waals surface area (Å²) < 4.78 is 57.6. The first-order valence-electron chi connectivity index (χ1n) is 36.6. The summed E-state index contributed by atoms with van der Waals surface area (Å²) in [6.07, 6.45) is -0.680. The molecule has 1 aliphatic carbocycles. The molecule has 4 aromatic carbocycles. The standard InChI is InChI=1S/C76H94F3N15O15/c1-40-67(99)88-58(31-45-37-83-54-21-15-47(77)33-52(45)54)69(101)89-61(32-46-38-84-55-22-16-48(78)34-53(46)55)73(105)93-39-49(79)35-62(93)71(103)92-65(41(2)95)72(104)90-60(29-43-11-17-50(108-4)18-12-43)74(106)94-26-7-23-76(94,3)75(107)91-57(66(81)98)28-42-13-19-51(20-14-42)109-27-25-82-63(96)36-59(86-64(97)30-44-9-10-44)70(102)87-56(68(100)85-40)8-5-6-24-80/h11-22,33-34,37-38,40-41,44,49,56-62,65,83-84,95H,5-10,23-32,35-36,39,80H2,1-4H3,(H2,81,98)(H,82,96)(H,85,100)(H,86,97)(H,87,102)(H,88,99)(H,89,101)(H,90,104)(H,91,107)(H,92,103)/t40-,41-,49+,56+,57+,58+,59+,60+,61+,62+,65+,76+/m1/s1. The fourth-order valence-electron chi connectivity index (χ4n) is 14.0. The first-order valence-corrected chi connectivity index (χ1v) is 36.6. The van der Waals surface area contributed by atoms with Crippen LogP contribution >= 0.6 is 0 Å². The molecular formula is C76H94F3N15O15. The van der Waals surface area contributed by atoms with Gasteiger partial charge in [-0.1, -0.05) is 24.3 Å². The predicted molar refractivity (Wildman–Crippen MR) is 390 cm³/mol. The molecule has 5 aliphatic rings. The van der Waals surface area contributed by atoms with Gasteiger partial charge in [0.15, 0.2) is 0 Å². The van der Waals surface area contributed by atoms with Gasteiger partial charge in [0.05, 0.1) is 32.7 Å². The first-order chi connectivity index (χ1) is 52.1. The number of alkyl halides is 1. The third-order valence-corrected chi connectivity index (χ3v) is 20.3. The van der Waals surface area contributed by atoms with E-state index in [0.29, 0.717) is 40.1 Å². The highest BCUT2D eigenvalue weighted by Gasteiger charge is 2.50. The van der Waals surface area contributed by atoms with Crippen LogP contribution in [0, 0.1) is 17.6 Å². The maximum absolute atomic E-state index is 16.2. The molecule has 4 aliphatic heterocycles. The zero-order valence-electron chi connectivity index (χ0n) is 60.9. The van der Waals surface area contributed by atoms with Crippen molar-refractivity contribution in [3.05, 3.63) is 131 Å². The zero-order chi connectivity index (χ0) is 78.4. The normalized spacial score (nSPS) is 25.5. The van der Waals surface area contributed by atoms with Crippen LogP contribution in [0.3, 0.4) is 0 Å². The van der Waals surface area contributed by atoms with Crippen LogP contribution in [0.15, 0.2) is 97.3 Å². The molecule has 109 heavy (non-hydrogen) atoms. The van der Waals surface area contributed by atoms with Crippen molar-refractivity contribution in [2.75, 3.05) is 39.9 Å². The Morgan fingerprint density at radius 1 is 0.716 bits per heavy atom. The zero-order valence-corrected chi connectivity index (χ0v) is 60.9. The number of aliphatic hydroxyl groups is 1. The molecular weight excluding hydrogens is 1420 g/mol. The Morgan fingerprint density at radius 2 is 1.33 bits per heavy atom. The van der Waals surface area contributed by atoms with E-state index in [4.69, 9.17) is 20.9 Å². The van der Waals surface area contributed by atoms with Crippen molar-refractivity contribution in [1.82, 2.24) is 67.6 Å². The molecule has 0 radical (unpaired) electrons. The number of nitrogens with two attached hydrogens (primary N) is 2. The smallest absolute Gasteiger partial charge is 0.246 e. The highest BCUT2D eigenvalue weighted by molar-refractivity contribution is 6.01. The SMILES string of the molecule is COc1ccc(C[C@@H]2NC(=O)[C@H]([C@@H](C)O)NC(=O)[C@@H]3C[C@H](F)CN3C(=O)[C@H](Cc3c[nH]c4ccc(F)cc34)NC(=O)[C@H](Cc3c[nH]c4ccc(F)cc34)NC(=O)[C@@H](C)NC(=O)[C@H](CCCCN)NC(=O)[C@@H](NC(=O)CC3CC3)CC(=O)NCCOc3ccc(cc3)C[C@@H](C(N)=O)NC(=O)[C@]3(C)CCCN3C2=O)cc1. The molecule has 11 rings (SSSR count). The summed E-state index contributed by atoms with van der Waals surface area (Å²) in [5, 5.41) is 35.6. The highest BCUT2D eigenvalue weighted by Crippen LogP contribution is 2.34. The summed E-state index contributed by atoms with van der Waals surface area (Å²) in [5.41, 5.74) is 12.4. The molecule has 30 nitrogen and oxygen atoms in total. The molecule has 0 unspecified atom stereocenters. The van der Waals surface area contributed by atoms with Crippen molar-refractivity contribution in [2.24, 2.45) is 17.4 Å². The Bertz CT molecular complexity index is 4350. The van der Waals surface area contributed by atoms with E-state index in [1.807, 2.05) is 0 Å². The first kappa shape index (κ1) is 80.5. The lowest BCUT2D eigenvalue weighted by Gasteiger charge is -2.37. The van der Waals surface area contributed by atoms with Gasteiger partial charge in [0.25, 0.3) is 0 Å². The lowest BCUT2D eigenvalue weighted by molar-refractivity contribution is -0.147. The summed E-state index contributed by atoms with van der Waals surface area (Å²) in [6, 6.07) is 5.93. The molecule has 2 aromatic heterocycles. The molecule has 12 amide bonds. The van der Waals surface area contributed by atoms with Crippen LogP contribution in [0.25, 0.3) is 21.8 Å². The number of halogens is 3. The number of nitrogens with zero attached hydrogens (tertiary/aromatic N) is 2. The van der Waals surface area contributed by atoms with Gasteiger partial charge < -0.3 is 93.7 Å². The van der Waals surface area contributed by atoms with Gasteiger partial charge in [-0.25, -0.2) is 13.2 Å². The maximum atomic E-state index is 16.2. The minimum Gasteiger partial charge on any atom is -0.497 e. The average Bonchev–Trinajstić information content (AvgIpc) is 1.67. The van der Waals surface area contributed by atoms with E-state index in [-0.39, 0.29) is 99.0 Å². The number of hydrogen-bond donors (Lipinski definition) is 14. The van der Waals surface area contributed by atoms with Crippen LogP contribution in [0.2, 0.25) is 0 Å². The number of benzene rings is 4. The Labute approximate surface area is 625 Å². The summed E-state index contributed by atoms with van der Waals surface area (Å²) in [5.74, 6) is -11.4. The number of amides is 12. The van der Waals surface area contributed by atoms with Gasteiger partial charge in [0.2, 0.25) is 70.9 Å². The number of carbonyl (C=O) groups excluding carboxylic acids is 12. The molecule has 2 bridgehead atoms. The van der Waals surface area contributed by atoms with Crippen LogP contribution in [0.4, 0.5) is 13.2 Å². The van der Waals surface area contributed by atoms with E-state index in [1.54, 1.807) is 48.5 Å². The van der Waals surface area contributed by atoms with Crippen molar-refractivity contribution >= 4 is 92.7 Å². The van der Waals surface area contributed by atoms with Gasteiger partial charge in [0.1, 0.15) is 95.8 Å². The minimum absolute atomic E-state index is 0.0123. The lowest BCUT2D eigenvalue weighted by atomic mass is 9.94. The van der Waals surface area contributed by atoms with E-state index in [0.717, 1.165) is 24.7 Å². The van der Waals surface area contributed by atoms with Gasteiger partial charge in [-0.3, -0.25) is 57.5 Å². The van der Waals surface area contributed by atoms with E-state index in [1.165, 1.54) is 74.6 Å². The maximum Gasteiger partial charge on any atom is 0.246 e. The van der Waals surface area contributed by atoms with Crippen molar-refractivity contribution in [2.45, 2.75) is 183 Å². The summed E-state index contributed by atoms with van der Waals surface area (Å²) in [7, 11) is 1.45. The molecule has 12 atom stereocenters. The van der Waals surface area contributed by atoms with Gasteiger partial charge in [-0.05, 0) is 161 Å². The number of carbonyl (C=O) groups is 12. The van der Waals surface area contributed by atoms with Crippen LogP contribution in [0.5, 0.6) is 11.5 Å². The number of hydrogen-bond acceptors (Lipinski definition) is 16. The minimum atomic E-state index is -1.92. The second kappa shape index (κ2) is 36.2. The van der Waals surface area contributed by atoms with Crippen LogP contribution in [-0.2, 0) is 83.2 Å². The highest BCUT2D eigenvalue weighted by atomic mass is 19.1. The number of fused-ring (bicyclic) bond motifs is 32. The number of nitrogens with one attached hydrogen (secondary N) is 11. The Morgan fingerprint density at radius 3 is 1.95 bits per heavy atom. The second-order valence-electron chi connectivity index (χ2n) is 28.6. The number of primary amides is 1. The number of aromatic amines is 2. The molecule has 2 saturated heterocycles. The molecule has 584 valence electrons. The monoisotopic (exact) mass is 1510 g/mol. The van der Waals surface area contributed by atoms with E-state index < -0.39 is 187 Å². The number of rotatable bonds is 16. The third-order valence-electron chi connectivity index (χ3n) is 20.3. The fraction of sp³-hybridized carbons (Fsp3) is 0.474. The number of H-pyrrole nitrogens is 2. The largest absolute Gasteiger partial charge is 0.497 e. The van der Waals surface area contributed by atoms with E-state index >= 15 is 27.6 Å². The van der Waals surface area contributed by atoms with Crippen molar-refractivity contribution in [3.8, 4) is 11.5 Å². The number of aromatic nitrogens is 2. The van der Waals surface area contributed by atoms with Crippen molar-refractivity contribution in [3.63, 3.8) is 0 Å². The molecule has 16 N–H and O–H groups in total. The molecule has 0 spiro atoms. The summed E-state index contributed by atoms with van der Waals surface area (Å²) in [6.45, 7) is 3.16. The van der Waals surface area contributed by atoms with E-state index in [9.17, 15) is 48.3 Å². The summed E-state index contributed by atoms with van der Waals surface area (Å²) >= 11 is 0. The van der Waals surface area contributed by atoms with E-state index in [2.05, 4.69) is 57.8 Å². The lowest BCUT2D eigenvalue weighted by Crippen LogP contribution is -2.64. The van der Waals surface area contributed by atoms with Gasteiger partial charge >= 0.3 is 0 Å². The van der Waals surface area contributed by atoms with Crippen molar-refractivity contribution in [1.29, 1.82) is 0 Å². The topological polar surface area (TPSA) is 442 Å². The molecule has 33 heteroatoms. The number of unbranched alkanes of at least 4 members (excludes halogenated alkanes) is 1. The molecule has 3 fully saturated rings. The predicted octanol–water partition coefficient (Wildman–Crippen LogP) is 1.12. The van der Waals surface area contributed by atoms with Gasteiger partial charge in [0, 0.05) is 79.3 Å². The Hall–Kier alpha value is -11.1. The summed E-state index contributed by atoms with van der Waals surface area (Å²) in [4.78, 5) is 182. The fourth-order valence-corrected chi connectivity index (χ4v) is 14.0. The third kappa shape index (κ3) is 20.8. The van der Waals surface area contributed by atoms with Crippen LogP contribution in [-0.4, -0.2) is 208 Å². The van der Waals surface area contributed by atoms with Crippen molar-refractivity contribution < 1.29 is 85.3 Å². The second-order valence-corrected chi connectivity index (χ2v) is 28.6. The van der Waals surface area contributed by atoms with Gasteiger partial charge in [-0.15, -0.1) is 0 Å². The molecule has 6 heterocycles. The number of aliphatic hydroxyl groups excluding tert-OH is 1. The molecule has 1 saturated carbocycles. The average molecular weight is 1510 g/mol. The van der Waals surface area contributed by atoms with Gasteiger partial charge in [-0.2, -0.15) is 0 Å². The molecule has 6 aromatic rings. The Balaban J connectivity index is 0.990. The number of ether oxygens (including phenoxy) is 2. The van der Waals surface area contributed by atoms with Crippen LogP contribution < -0.4 is 68.8 Å². The Kier molecular flexibility index (Phi) is 26.7. The van der Waals surface area contributed by atoms with Crippen LogP contribution in [0.1, 0.15) is 107 Å². The number of methoxy groups -OCH3 is 1. The quantitative estimate of drug-likeness (QED) is 0.0477.